The van der Waals surface area contributed by atoms with Crippen LogP contribution in [0.4, 0.5) is 0 Å². The van der Waals surface area contributed by atoms with Crippen LogP contribution in [0.15, 0.2) is 0 Å². The van der Waals surface area contributed by atoms with Crippen LogP contribution in [0.5, 0.6) is 0 Å². The Morgan fingerprint density at radius 2 is 2.19 bits per heavy atom. The first-order valence-corrected chi connectivity index (χ1v) is 5.16. The third-order valence-corrected chi connectivity index (χ3v) is 2.95. The topological polar surface area (TPSA) is 90.6 Å². The first-order chi connectivity index (χ1) is 7.63. The predicted octanol–water partition coefficient (Wildman–Crippen LogP) is -0.542. The molecule has 3 atom stereocenters. The molecule has 1 saturated carbocycles. The Morgan fingerprint density at radius 1 is 1.44 bits per heavy atom. The van der Waals surface area contributed by atoms with Gasteiger partial charge in [0.25, 0.3) is 0 Å². The molecule has 2 rings (SSSR count). The first kappa shape index (κ1) is 10.9. The molecule has 1 amide bonds. The molecule has 6 heteroatoms. The van der Waals surface area contributed by atoms with Gasteiger partial charge in [-0.2, -0.15) is 5.26 Å². The number of carboxylic acid groups (broad SMARTS) is 1. The summed E-state index contributed by atoms with van der Waals surface area (Å²) in [5.41, 5.74) is 0. The van der Waals surface area contributed by atoms with Crippen LogP contribution < -0.4 is 0 Å². The minimum Gasteiger partial charge on any atom is -0.481 e. The number of carbonyl (C=O) groups is 2. The van der Waals surface area contributed by atoms with Crippen molar-refractivity contribution < 1.29 is 19.4 Å². The number of rotatable bonds is 2. The highest BCUT2D eigenvalue weighted by molar-refractivity contribution is 5.89. The smallest absolute Gasteiger partial charge is 0.307 e. The summed E-state index contributed by atoms with van der Waals surface area (Å²) in [4.78, 5) is 24.0. The average Bonchev–Trinajstić information content (AvgIpc) is 3.08. The molecule has 0 aromatic heterocycles. The fraction of sp³-hybridized carbons (Fsp3) is 0.700. The molecule has 0 radical (unpaired) electrons. The van der Waals surface area contributed by atoms with E-state index in [1.807, 2.05) is 6.07 Å². The van der Waals surface area contributed by atoms with Crippen LogP contribution in [0.1, 0.15) is 6.42 Å². The summed E-state index contributed by atoms with van der Waals surface area (Å²) >= 11 is 0. The molecular formula is C10H12N2O4. The number of morpholine rings is 1. The maximum atomic E-state index is 11.8. The number of nitriles is 1. The quantitative estimate of drug-likeness (QED) is 0.680. The Hall–Kier alpha value is -1.61. The maximum Gasteiger partial charge on any atom is 0.307 e. The van der Waals surface area contributed by atoms with Crippen LogP contribution in [-0.2, 0) is 14.3 Å². The largest absolute Gasteiger partial charge is 0.481 e. The zero-order valence-electron chi connectivity index (χ0n) is 8.63. The number of nitrogens with zero attached hydrogens (tertiary/aromatic N) is 2. The Bertz CT molecular complexity index is 362. The molecule has 3 unspecified atom stereocenters. The van der Waals surface area contributed by atoms with E-state index in [4.69, 9.17) is 15.1 Å². The molecule has 0 aromatic rings. The lowest BCUT2D eigenvalue weighted by Gasteiger charge is -2.29. The number of carbonyl (C=O) groups excluding carboxylic acids is 1. The monoisotopic (exact) mass is 224 g/mol. The Balaban J connectivity index is 1.91. The average molecular weight is 224 g/mol. The summed E-state index contributed by atoms with van der Waals surface area (Å²) in [6, 6.07) is 1.95. The highest BCUT2D eigenvalue weighted by Gasteiger charge is 2.50. The summed E-state index contributed by atoms with van der Waals surface area (Å²) in [6.45, 7) is 1.03. The highest BCUT2D eigenvalue weighted by Crippen LogP contribution is 2.40. The van der Waals surface area contributed by atoms with Crippen molar-refractivity contribution in [3.05, 3.63) is 0 Å². The van der Waals surface area contributed by atoms with Crippen molar-refractivity contribution in [3.63, 3.8) is 0 Å². The third-order valence-electron chi connectivity index (χ3n) is 2.95. The normalized spacial score (nSPS) is 32.9. The summed E-state index contributed by atoms with van der Waals surface area (Å²) in [7, 11) is 0. The number of aliphatic carboxylic acids is 1. The first-order valence-electron chi connectivity index (χ1n) is 5.16. The van der Waals surface area contributed by atoms with Gasteiger partial charge in [-0.3, -0.25) is 9.59 Å². The van der Waals surface area contributed by atoms with Crippen molar-refractivity contribution in [2.75, 3.05) is 19.7 Å². The molecule has 0 bridgehead atoms. The van der Waals surface area contributed by atoms with E-state index >= 15 is 0 Å². The van der Waals surface area contributed by atoms with E-state index in [0.717, 1.165) is 0 Å². The fourth-order valence-electron chi connectivity index (χ4n) is 1.90. The van der Waals surface area contributed by atoms with Gasteiger partial charge in [-0.05, 0) is 6.42 Å². The van der Waals surface area contributed by atoms with Crippen molar-refractivity contribution >= 4 is 11.9 Å². The van der Waals surface area contributed by atoms with Gasteiger partial charge in [-0.25, -0.2) is 0 Å². The van der Waals surface area contributed by atoms with Crippen molar-refractivity contribution in [1.82, 2.24) is 4.90 Å². The van der Waals surface area contributed by atoms with Crippen LogP contribution in [0.3, 0.4) is 0 Å². The molecule has 1 heterocycles. The van der Waals surface area contributed by atoms with Gasteiger partial charge >= 0.3 is 5.97 Å². The van der Waals surface area contributed by atoms with Crippen molar-refractivity contribution in [2.24, 2.45) is 11.8 Å². The molecule has 6 nitrogen and oxygen atoms in total. The zero-order chi connectivity index (χ0) is 11.7. The van der Waals surface area contributed by atoms with Gasteiger partial charge in [0.15, 0.2) is 6.10 Å². The molecule has 1 saturated heterocycles. The molecule has 16 heavy (non-hydrogen) atoms. The van der Waals surface area contributed by atoms with Gasteiger partial charge < -0.3 is 14.7 Å². The number of carboxylic acids is 1. The number of ether oxygens (including phenoxy) is 1. The summed E-state index contributed by atoms with van der Waals surface area (Å²) in [5, 5.41) is 17.4. The van der Waals surface area contributed by atoms with Crippen molar-refractivity contribution in [1.29, 1.82) is 5.26 Å². The minimum absolute atomic E-state index is 0.157. The maximum absolute atomic E-state index is 11.8. The number of hydrogen-bond donors (Lipinski definition) is 1. The summed E-state index contributed by atoms with van der Waals surface area (Å²) in [5.74, 6) is -2.00. The zero-order valence-corrected chi connectivity index (χ0v) is 8.63. The lowest BCUT2D eigenvalue weighted by molar-refractivity contribution is -0.144. The third kappa shape index (κ3) is 1.99. The molecule has 2 aliphatic rings. The van der Waals surface area contributed by atoms with E-state index in [1.165, 1.54) is 4.90 Å². The second-order valence-electron chi connectivity index (χ2n) is 4.06. The minimum atomic E-state index is -0.913. The van der Waals surface area contributed by atoms with Gasteiger partial charge in [0.05, 0.1) is 31.1 Å². The molecular weight excluding hydrogens is 212 g/mol. The van der Waals surface area contributed by atoms with Gasteiger partial charge in [0.1, 0.15) is 0 Å². The molecule has 1 aliphatic carbocycles. The fourth-order valence-corrected chi connectivity index (χ4v) is 1.90. The summed E-state index contributed by atoms with van der Waals surface area (Å²) in [6.07, 6.45) is -0.164. The van der Waals surface area contributed by atoms with Gasteiger partial charge in [0.2, 0.25) is 5.91 Å². The Labute approximate surface area is 92.4 Å². The van der Waals surface area contributed by atoms with E-state index < -0.39 is 23.9 Å². The second-order valence-corrected chi connectivity index (χ2v) is 4.06. The van der Waals surface area contributed by atoms with Gasteiger partial charge in [0, 0.05) is 6.54 Å². The van der Waals surface area contributed by atoms with Crippen molar-refractivity contribution in [2.45, 2.75) is 12.5 Å². The standard InChI is InChI=1S/C10H12N2O4/c11-4-6-5-12(1-2-16-6)9(13)7-3-8(7)10(14)15/h6-8H,1-3,5H2,(H,14,15). The molecule has 86 valence electrons. The predicted molar refractivity (Wildman–Crippen MR) is 51.2 cm³/mol. The Kier molecular flexibility index (Phi) is 2.79. The van der Waals surface area contributed by atoms with E-state index in [9.17, 15) is 9.59 Å². The molecule has 1 N–H and O–H groups in total. The van der Waals surface area contributed by atoms with Crippen LogP contribution >= 0.6 is 0 Å². The lowest BCUT2D eigenvalue weighted by atomic mass is 10.2. The van der Waals surface area contributed by atoms with E-state index in [2.05, 4.69) is 0 Å². The second kappa shape index (κ2) is 4.10. The van der Waals surface area contributed by atoms with Gasteiger partial charge in [-0.1, -0.05) is 0 Å². The van der Waals surface area contributed by atoms with Crippen molar-refractivity contribution in [3.8, 4) is 6.07 Å². The Morgan fingerprint density at radius 3 is 2.75 bits per heavy atom. The molecule has 1 aliphatic heterocycles. The lowest BCUT2D eigenvalue weighted by Crippen LogP contribution is -2.46. The number of amides is 1. The van der Waals surface area contributed by atoms with E-state index in [1.54, 1.807) is 0 Å². The number of hydrogen-bond acceptors (Lipinski definition) is 4. The highest BCUT2D eigenvalue weighted by atomic mass is 16.5. The molecule has 2 fully saturated rings. The van der Waals surface area contributed by atoms with Crippen LogP contribution in [0, 0.1) is 23.2 Å². The molecule has 0 spiro atoms. The summed E-state index contributed by atoms with van der Waals surface area (Å²) < 4.78 is 5.11. The molecule has 0 aromatic carbocycles. The van der Waals surface area contributed by atoms with Gasteiger partial charge in [-0.15, -0.1) is 0 Å². The van der Waals surface area contributed by atoms with Crippen LogP contribution in [-0.4, -0.2) is 47.7 Å². The van der Waals surface area contributed by atoms with E-state index in [-0.39, 0.29) is 12.5 Å². The van der Waals surface area contributed by atoms with Crippen LogP contribution in [0.25, 0.3) is 0 Å². The SMILES string of the molecule is N#CC1CN(C(=O)C2CC2C(=O)O)CCO1. The van der Waals surface area contributed by atoms with Crippen LogP contribution in [0.2, 0.25) is 0 Å². The van der Waals surface area contributed by atoms with E-state index in [0.29, 0.717) is 19.6 Å².